The van der Waals surface area contributed by atoms with Crippen molar-refractivity contribution in [3.05, 3.63) is 48.4 Å². The SMILES string of the molecule is CNCCc1cn2nc(-c3ccccn3)ccc2n1. The number of hydrogen-bond acceptors (Lipinski definition) is 4. The Bertz CT molecular complexity index is 675. The lowest BCUT2D eigenvalue weighted by atomic mass is 10.2. The molecule has 3 aromatic rings. The van der Waals surface area contributed by atoms with Crippen molar-refractivity contribution in [1.82, 2.24) is 24.9 Å². The van der Waals surface area contributed by atoms with Crippen molar-refractivity contribution in [1.29, 1.82) is 0 Å². The molecule has 1 N–H and O–H groups in total. The molecule has 0 spiro atoms. The summed E-state index contributed by atoms with van der Waals surface area (Å²) in [6.07, 6.45) is 4.64. The van der Waals surface area contributed by atoms with Crippen LogP contribution in [0.25, 0.3) is 17.0 Å². The van der Waals surface area contributed by atoms with Gasteiger partial charge in [-0.2, -0.15) is 5.10 Å². The average molecular weight is 253 g/mol. The molecular weight excluding hydrogens is 238 g/mol. The number of nitrogens with zero attached hydrogens (tertiary/aromatic N) is 4. The van der Waals surface area contributed by atoms with Crippen LogP contribution in [0, 0.1) is 0 Å². The Morgan fingerprint density at radius 2 is 2.11 bits per heavy atom. The minimum Gasteiger partial charge on any atom is -0.319 e. The fourth-order valence-electron chi connectivity index (χ4n) is 1.96. The van der Waals surface area contributed by atoms with Gasteiger partial charge in [0.25, 0.3) is 0 Å². The van der Waals surface area contributed by atoms with Crippen LogP contribution in [0.3, 0.4) is 0 Å². The zero-order valence-electron chi connectivity index (χ0n) is 10.7. The molecule has 0 saturated heterocycles. The maximum absolute atomic E-state index is 4.55. The molecule has 5 nitrogen and oxygen atoms in total. The van der Waals surface area contributed by atoms with Crippen molar-refractivity contribution < 1.29 is 0 Å². The van der Waals surface area contributed by atoms with Crippen LogP contribution in [0.15, 0.2) is 42.7 Å². The number of imidazole rings is 1. The second-order valence-corrected chi connectivity index (χ2v) is 4.32. The molecule has 0 aromatic carbocycles. The Hall–Kier alpha value is -2.27. The van der Waals surface area contributed by atoms with Gasteiger partial charge in [0.15, 0.2) is 5.65 Å². The maximum atomic E-state index is 4.55. The van der Waals surface area contributed by atoms with Crippen LogP contribution >= 0.6 is 0 Å². The zero-order chi connectivity index (χ0) is 13.1. The van der Waals surface area contributed by atoms with Gasteiger partial charge in [-0.05, 0) is 31.3 Å². The van der Waals surface area contributed by atoms with Gasteiger partial charge in [-0.15, -0.1) is 0 Å². The predicted molar refractivity (Wildman–Crippen MR) is 73.8 cm³/mol. The van der Waals surface area contributed by atoms with E-state index < -0.39 is 0 Å². The first kappa shape index (κ1) is 11.8. The van der Waals surface area contributed by atoms with E-state index in [0.29, 0.717) is 0 Å². The highest BCUT2D eigenvalue weighted by atomic mass is 15.3. The summed E-state index contributed by atoms with van der Waals surface area (Å²) in [5, 5.41) is 7.66. The van der Waals surface area contributed by atoms with Crippen molar-refractivity contribution in [3.8, 4) is 11.4 Å². The summed E-state index contributed by atoms with van der Waals surface area (Å²) in [4.78, 5) is 8.83. The van der Waals surface area contributed by atoms with Crippen molar-refractivity contribution in [2.24, 2.45) is 0 Å². The Labute approximate surface area is 111 Å². The van der Waals surface area contributed by atoms with Crippen molar-refractivity contribution in [2.75, 3.05) is 13.6 Å². The Kier molecular flexibility index (Phi) is 3.20. The molecule has 0 aliphatic carbocycles. The molecule has 0 bridgehead atoms. The largest absolute Gasteiger partial charge is 0.319 e. The van der Waals surface area contributed by atoms with Crippen molar-refractivity contribution in [2.45, 2.75) is 6.42 Å². The van der Waals surface area contributed by atoms with Gasteiger partial charge in [-0.25, -0.2) is 9.50 Å². The van der Waals surface area contributed by atoms with Gasteiger partial charge < -0.3 is 5.32 Å². The maximum Gasteiger partial charge on any atom is 0.153 e. The average Bonchev–Trinajstić information content (AvgIpc) is 2.87. The summed E-state index contributed by atoms with van der Waals surface area (Å²) in [5.74, 6) is 0. The minimum atomic E-state index is 0.852. The van der Waals surface area contributed by atoms with Gasteiger partial charge in [0.1, 0.15) is 5.69 Å². The van der Waals surface area contributed by atoms with E-state index in [0.717, 1.165) is 35.7 Å². The van der Waals surface area contributed by atoms with E-state index in [1.807, 2.05) is 48.1 Å². The van der Waals surface area contributed by atoms with Gasteiger partial charge >= 0.3 is 0 Å². The van der Waals surface area contributed by atoms with Crippen molar-refractivity contribution in [3.63, 3.8) is 0 Å². The summed E-state index contributed by atoms with van der Waals surface area (Å²) < 4.78 is 1.81. The lowest BCUT2D eigenvalue weighted by molar-refractivity contribution is 0.779. The molecule has 3 aromatic heterocycles. The number of fused-ring (bicyclic) bond motifs is 1. The Balaban J connectivity index is 1.97. The molecule has 3 heterocycles. The first-order chi connectivity index (χ1) is 9.36. The molecule has 0 fully saturated rings. The fraction of sp³-hybridized carbons (Fsp3) is 0.214. The first-order valence-electron chi connectivity index (χ1n) is 6.28. The molecule has 0 saturated carbocycles. The van der Waals surface area contributed by atoms with Crippen LogP contribution in [-0.4, -0.2) is 33.2 Å². The second kappa shape index (κ2) is 5.16. The van der Waals surface area contributed by atoms with Gasteiger partial charge in [-0.3, -0.25) is 4.98 Å². The van der Waals surface area contributed by atoms with Gasteiger partial charge in [0.2, 0.25) is 0 Å². The van der Waals surface area contributed by atoms with Crippen LogP contribution in [-0.2, 0) is 6.42 Å². The van der Waals surface area contributed by atoms with Gasteiger partial charge in [0.05, 0.1) is 17.6 Å². The lowest BCUT2D eigenvalue weighted by Crippen LogP contribution is -2.10. The van der Waals surface area contributed by atoms with E-state index >= 15 is 0 Å². The van der Waals surface area contributed by atoms with E-state index in [1.54, 1.807) is 6.20 Å². The first-order valence-corrected chi connectivity index (χ1v) is 6.28. The van der Waals surface area contributed by atoms with Gasteiger partial charge in [0, 0.05) is 19.2 Å². The van der Waals surface area contributed by atoms with Crippen LogP contribution in [0.4, 0.5) is 0 Å². The topological polar surface area (TPSA) is 55.1 Å². The highest BCUT2D eigenvalue weighted by Crippen LogP contribution is 2.14. The third kappa shape index (κ3) is 2.46. The van der Waals surface area contributed by atoms with E-state index in [-0.39, 0.29) is 0 Å². The molecule has 5 heteroatoms. The van der Waals surface area contributed by atoms with E-state index in [2.05, 4.69) is 20.4 Å². The molecule has 0 radical (unpaired) electrons. The number of rotatable bonds is 4. The van der Waals surface area contributed by atoms with Crippen LogP contribution in [0.2, 0.25) is 0 Å². The molecule has 0 aliphatic heterocycles. The summed E-state index contributed by atoms with van der Waals surface area (Å²) in [6, 6.07) is 9.73. The van der Waals surface area contributed by atoms with E-state index in [1.165, 1.54) is 0 Å². The van der Waals surface area contributed by atoms with Crippen LogP contribution in [0.1, 0.15) is 5.69 Å². The minimum absolute atomic E-state index is 0.852. The molecular formula is C14H15N5. The van der Waals surface area contributed by atoms with E-state index in [9.17, 15) is 0 Å². The number of nitrogens with one attached hydrogen (secondary N) is 1. The summed E-state index contributed by atoms with van der Waals surface area (Å²) >= 11 is 0. The fourth-order valence-corrected chi connectivity index (χ4v) is 1.96. The summed E-state index contributed by atoms with van der Waals surface area (Å²) in [7, 11) is 1.94. The number of aromatic nitrogens is 4. The summed E-state index contributed by atoms with van der Waals surface area (Å²) in [6.45, 7) is 0.914. The van der Waals surface area contributed by atoms with Crippen molar-refractivity contribution >= 4 is 5.65 Å². The highest BCUT2D eigenvalue weighted by Gasteiger charge is 2.05. The number of pyridine rings is 1. The van der Waals surface area contributed by atoms with E-state index in [4.69, 9.17) is 0 Å². The molecule has 0 unspecified atom stereocenters. The normalized spacial score (nSPS) is 11.0. The Morgan fingerprint density at radius 1 is 1.16 bits per heavy atom. The number of hydrogen-bond donors (Lipinski definition) is 1. The summed E-state index contributed by atoms with van der Waals surface area (Å²) in [5.41, 5.74) is 3.63. The van der Waals surface area contributed by atoms with Crippen LogP contribution in [0.5, 0.6) is 0 Å². The zero-order valence-corrected chi connectivity index (χ0v) is 10.7. The standard InChI is InChI=1S/C14H15N5/c1-15-9-7-11-10-19-14(17-11)6-5-13(18-19)12-4-2-3-8-16-12/h2-6,8,10,15H,7,9H2,1H3. The molecule has 0 amide bonds. The third-order valence-corrected chi connectivity index (χ3v) is 2.93. The lowest BCUT2D eigenvalue weighted by Gasteiger charge is -1.99. The predicted octanol–water partition coefficient (Wildman–Crippen LogP) is 1.55. The quantitative estimate of drug-likeness (QED) is 0.766. The molecule has 0 aliphatic rings. The molecule has 0 atom stereocenters. The van der Waals surface area contributed by atoms with Gasteiger partial charge in [-0.1, -0.05) is 6.07 Å². The number of likely N-dealkylation sites (N-methyl/N-ethyl adjacent to an activating group) is 1. The Morgan fingerprint density at radius 3 is 2.89 bits per heavy atom. The third-order valence-electron chi connectivity index (χ3n) is 2.93. The molecule has 19 heavy (non-hydrogen) atoms. The van der Waals surface area contributed by atoms with Crippen LogP contribution < -0.4 is 5.32 Å². The monoisotopic (exact) mass is 253 g/mol. The molecule has 96 valence electrons. The smallest absolute Gasteiger partial charge is 0.153 e. The highest BCUT2D eigenvalue weighted by molar-refractivity contribution is 5.55. The molecule has 3 rings (SSSR count). The second-order valence-electron chi connectivity index (χ2n) is 4.32.